The van der Waals surface area contributed by atoms with E-state index < -0.39 is 0 Å². The second-order valence-electron chi connectivity index (χ2n) is 5.19. The summed E-state index contributed by atoms with van der Waals surface area (Å²) in [5, 5.41) is 3.12. The Balaban J connectivity index is 2.20. The van der Waals surface area contributed by atoms with Crippen molar-refractivity contribution in [1.29, 1.82) is 0 Å². The van der Waals surface area contributed by atoms with Gasteiger partial charge in [0.05, 0.1) is 6.04 Å². The quantitative estimate of drug-likeness (QED) is 0.828. The molecule has 1 aliphatic heterocycles. The maximum Gasteiger partial charge on any atom is 0.220 e. The second kappa shape index (κ2) is 5.35. The Labute approximate surface area is 103 Å². The lowest BCUT2D eigenvalue weighted by Crippen LogP contribution is -2.26. The average molecular weight is 231 g/mol. The number of carbonyl (C=O) groups is 1. The lowest BCUT2D eigenvalue weighted by molar-refractivity contribution is -0.121. The molecule has 92 valence electrons. The van der Waals surface area contributed by atoms with Gasteiger partial charge in [0.15, 0.2) is 0 Å². The van der Waals surface area contributed by atoms with Crippen molar-refractivity contribution >= 4 is 5.91 Å². The average Bonchev–Trinajstić information content (AvgIpc) is 2.54. The van der Waals surface area contributed by atoms with Crippen LogP contribution in [-0.2, 0) is 4.79 Å². The lowest BCUT2D eigenvalue weighted by Gasteiger charge is -2.18. The van der Waals surface area contributed by atoms with Gasteiger partial charge in [-0.2, -0.15) is 0 Å². The van der Waals surface area contributed by atoms with Gasteiger partial charge in [-0.25, -0.2) is 0 Å². The Morgan fingerprint density at radius 3 is 2.88 bits per heavy atom. The monoisotopic (exact) mass is 231 g/mol. The third-order valence-electron chi connectivity index (χ3n) is 3.46. The van der Waals surface area contributed by atoms with E-state index in [1.54, 1.807) is 0 Å². The smallest absolute Gasteiger partial charge is 0.220 e. The maximum atomic E-state index is 11.6. The van der Waals surface area contributed by atoms with E-state index in [4.69, 9.17) is 0 Å². The lowest BCUT2D eigenvalue weighted by atomic mass is 9.96. The summed E-state index contributed by atoms with van der Waals surface area (Å²) in [6, 6.07) is 8.83. The molecule has 1 amide bonds. The van der Waals surface area contributed by atoms with Crippen LogP contribution in [0.15, 0.2) is 24.3 Å². The van der Waals surface area contributed by atoms with Crippen molar-refractivity contribution in [2.75, 3.05) is 0 Å². The van der Waals surface area contributed by atoms with E-state index in [9.17, 15) is 4.79 Å². The van der Waals surface area contributed by atoms with Crippen LogP contribution in [0, 0.1) is 0 Å². The molecule has 1 aromatic carbocycles. The molecule has 0 saturated carbocycles. The minimum atomic E-state index is 0.197. The number of rotatable bonds is 2. The van der Waals surface area contributed by atoms with Gasteiger partial charge in [0.1, 0.15) is 0 Å². The molecule has 17 heavy (non-hydrogen) atoms. The molecule has 2 heteroatoms. The van der Waals surface area contributed by atoms with Crippen LogP contribution in [0.25, 0.3) is 0 Å². The molecule has 1 aromatic rings. The van der Waals surface area contributed by atoms with E-state index in [0.29, 0.717) is 12.3 Å². The molecule has 1 atom stereocenters. The Kier molecular flexibility index (Phi) is 3.82. The predicted molar refractivity (Wildman–Crippen MR) is 69.9 cm³/mol. The van der Waals surface area contributed by atoms with E-state index in [2.05, 4.69) is 43.4 Å². The molecular formula is C15H21NO. The molecule has 1 saturated heterocycles. The van der Waals surface area contributed by atoms with Gasteiger partial charge in [-0.15, -0.1) is 0 Å². The van der Waals surface area contributed by atoms with E-state index in [0.717, 1.165) is 19.3 Å². The van der Waals surface area contributed by atoms with Gasteiger partial charge in [-0.1, -0.05) is 44.5 Å². The zero-order valence-corrected chi connectivity index (χ0v) is 10.7. The summed E-state index contributed by atoms with van der Waals surface area (Å²) in [5.74, 6) is 0.735. The van der Waals surface area contributed by atoms with Gasteiger partial charge < -0.3 is 5.32 Å². The summed E-state index contributed by atoms with van der Waals surface area (Å²) in [5.41, 5.74) is 2.60. The Hall–Kier alpha value is -1.31. The van der Waals surface area contributed by atoms with Crippen molar-refractivity contribution in [1.82, 2.24) is 5.32 Å². The molecule has 0 radical (unpaired) electrons. The number of carbonyl (C=O) groups excluding carboxylic acids is 1. The first-order valence-corrected chi connectivity index (χ1v) is 6.56. The van der Waals surface area contributed by atoms with Gasteiger partial charge >= 0.3 is 0 Å². The summed E-state index contributed by atoms with van der Waals surface area (Å²) in [6.45, 7) is 4.40. The molecule has 1 fully saturated rings. The molecule has 1 unspecified atom stereocenters. The van der Waals surface area contributed by atoms with Crippen molar-refractivity contribution in [2.24, 2.45) is 0 Å². The van der Waals surface area contributed by atoms with Gasteiger partial charge in [-0.05, 0) is 29.9 Å². The predicted octanol–water partition coefficient (Wildman–Crippen LogP) is 3.54. The fourth-order valence-corrected chi connectivity index (χ4v) is 2.36. The van der Waals surface area contributed by atoms with Crippen LogP contribution in [0.3, 0.4) is 0 Å². The Bertz CT molecular complexity index is 398. The van der Waals surface area contributed by atoms with Crippen LogP contribution in [0.4, 0.5) is 0 Å². The molecule has 1 aliphatic rings. The largest absolute Gasteiger partial charge is 0.349 e. The van der Waals surface area contributed by atoms with Gasteiger partial charge in [-0.3, -0.25) is 4.79 Å². The molecule has 0 bridgehead atoms. The van der Waals surface area contributed by atoms with Crippen molar-refractivity contribution in [3.8, 4) is 0 Å². The highest BCUT2D eigenvalue weighted by molar-refractivity contribution is 5.76. The van der Waals surface area contributed by atoms with E-state index in [1.165, 1.54) is 11.1 Å². The van der Waals surface area contributed by atoms with E-state index >= 15 is 0 Å². The van der Waals surface area contributed by atoms with E-state index in [-0.39, 0.29) is 11.9 Å². The maximum absolute atomic E-state index is 11.6. The highest BCUT2D eigenvalue weighted by Crippen LogP contribution is 2.25. The molecule has 0 spiro atoms. The van der Waals surface area contributed by atoms with E-state index in [1.807, 2.05) is 0 Å². The second-order valence-corrected chi connectivity index (χ2v) is 5.19. The van der Waals surface area contributed by atoms with Crippen molar-refractivity contribution in [2.45, 2.75) is 51.5 Å². The van der Waals surface area contributed by atoms with Crippen molar-refractivity contribution < 1.29 is 4.79 Å². The fraction of sp³-hybridized carbons (Fsp3) is 0.533. The first-order chi connectivity index (χ1) is 8.16. The minimum Gasteiger partial charge on any atom is -0.349 e. The third kappa shape index (κ3) is 3.09. The summed E-state index contributed by atoms with van der Waals surface area (Å²) in [6.07, 6.45) is 3.90. The van der Waals surface area contributed by atoms with Gasteiger partial charge in [0.25, 0.3) is 0 Å². The Morgan fingerprint density at radius 2 is 2.12 bits per heavy atom. The summed E-state index contributed by atoms with van der Waals surface area (Å²) < 4.78 is 0. The fourth-order valence-electron chi connectivity index (χ4n) is 2.36. The summed E-state index contributed by atoms with van der Waals surface area (Å²) in [7, 11) is 0. The molecule has 2 rings (SSSR count). The van der Waals surface area contributed by atoms with Crippen molar-refractivity contribution in [3.05, 3.63) is 35.4 Å². The third-order valence-corrected chi connectivity index (χ3v) is 3.46. The molecule has 0 aliphatic carbocycles. The SMILES string of the molecule is CC(C)c1cccc(C2CCCCC(=O)N2)c1. The number of hydrogen-bond donors (Lipinski definition) is 1. The first-order valence-electron chi connectivity index (χ1n) is 6.56. The van der Waals surface area contributed by atoms with Crippen LogP contribution in [0.5, 0.6) is 0 Å². The Morgan fingerprint density at radius 1 is 1.29 bits per heavy atom. The molecule has 1 N–H and O–H groups in total. The van der Waals surface area contributed by atoms with Crippen LogP contribution < -0.4 is 5.32 Å². The first kappa shape index (κ1) is 12.2. The zero-order valence-electron chi connectivity index (χ0n) is 10.7. The number of nitrogens with one attached hydrogen (secondary N) is 1. The molecular weight excluding hydrogens is 210 g/mol. The normalized spacial score (nSPS) is 21.1. The summed E-state index contributed by atoms with van der Waals surface area (Å²) >= 11 is 0. The minimum absolute atomic E-state index is 0.197. The van der Waals surface area contributed by atoms with Crippen LogP contribution in [0.1, 0.15) is 62.6 Å². The number of benzene rings is 1. The number of hydrogen-bond acceptors (Lipinski definition) is 1. The standard InChI is InChI=1S/C15H21NO/c1-11(2)12-6-5-7-13(10-12)14-8-3-4-9-15(17)16-14/h5-7,10-11,14H,3-4,8-9H2,1-2H3,(H,16,17). The summed E-state index contributed by atoms with van der Waals surface area (Å²) in [4.78, 5) is 11.6. The topological polar surface area (TPSA) is 29.1 Å². The van der Waals surface area contributed by atoms with Crippen molar-refractivity contribution in [3.63, 3.8) is 0 Å². The van der Waals surface area contributed by atoms with Gasteiger partial charge in [0, 0.05) is 6.42 Å². The van der Waals surface area contributed by atoms with Gasteiger partial charge in [0.2, 0.25) is 5.91 Å². The van der Waals surface area contributed by atoms with Crippen LogP contribution in [0.2, 0.25) is 0 Å². The highest BCUT2D eigenvalue weighted by atomic mass is 16.1. The molecule has 2 nitrogen and oxygen atoms in total. The highest BCUT2D eigenvalue weighted by Gasteiger charge is 2.18. The van der Waals surface area contributed by atoms with Crippen LogP contribution in [-0.4, -0.2) is 5.91 Å². The van der Waals surface area contributed by atoms with Crippen LogP contribution >= 0.6 is 0 Å². The number of amides is 1. The zero-order chi connectivity index (χ0) is 12.3. The molecule has 1 heterocycles. The molecule has 0 aromatic heterocycles.